The Morgan fingerprint density at radius 2 is 1.36 bits per heavy atom. The van der Waals surface area contributed by atoms with Crippen LogP contribution < -0.4 is 34.4 Å². The smallest absolute Gasteiger partial charge is 0.236 e. The zero-order valence-electron chi connectivity index (χ0n) is 14.0. The van der Waals surface area contributed by atoms with Crippen LogP contribution in [0.2, 0.25) is 0 Å². The number of amides is 3. The predicted octanol–water partition coefficient (Wildman–Crippen LogP) is -1.15. The average Bonchev–Trinajstić information content (AvgIpc) is 2.52. The van der Waals surface area contributed by atoms with Crippen LogP contribution in [0.3, 0.4) is 0 Å². The molecule has 0 heterocycles. The van der Waals surface area contributed by atoms with E-state index in [0.29, 0.717) is 12.8 Å². The molecule has 0 aromatic carbocycles. The number of hydrogen-bond donors (Lipinski definition) is 6. The summed E-state index contributed by atoms with van der Waals surface area (Å²) in [5.74, 6) is 11.6. The second kappa shape index (κ2) is 15.7. The molecular formula is C13H32N6O3. The van der Waals surface area contributed by atoms with Crippen molar-refractivity contribution >= 4 is 17.7 Å². The monoisotopic (exact) mass is 320 g/mol. The Morgan fingerprint density at radius 1 is 0.909 bits per heavy atom. The molecule has 3 unspecified atom stereocenters. The van der Waals surface area contributed by atoms with E-state index in [1.54, 1.807) is 6.92 Å². The van der Waals surface area contributed by atoms with E-state index in [1.165, 1.54) is 0 Å². The quantitative estimate of drug-likeness (QED) is 0.195. The van der Waals surface area contributed by atoms with Crippen molar-refractivity contribution in [1.82, 2.24) is 5.43 Å². The molecular weight excluding hydrogens is 288 g/mol. The van der Waals surface area contributed by atoms with Gasteiger partial charge in [0, 0.05) is 17.8 Å². The van der Waals surface area contributed by atoms with Gasteiger partial charge in [0.1, 0.15) is 0 Å². The van der Waals surface area contributed by atoms with Gasteiger partial charge in [-0.1, -0.05) is 27.7 Å². The SMILES string of the molecule is CCC(C)C(N)=O.CCC(CC(C)C(=O)NN)C(N)=O.NN. The molecule has 0 aromatic rings. The normalized spacial score (nSPS) is 13.2. The first kappa shape index (κ1) is 25.3. The van der Waals surface area contributed by atoms with Gasteiger partial charge >= 0.3 is 0 Å². The van der Waals surface area contributed by atoms with Crippen molar-refractivity contribution in [2.75, 3.05) is 0 Å². The van der Waals surface area contributed by atoms with Crippen LogP contribution in [-0.2, 0) is 14.4 Å². The third-order valence-electron chi connectivity index (χ3n) is 3.22. The first-order chi connectivity index (χ1) is 10.2. The van der Waals surface area contributed by atoms with Crippen LogP contribution in [0.4, 0.5) is 0 Å². The van der Waals surface area contributed by atoms with Crippen molar-refractivity contribution in [2.24, 2.45) is 46.7 Å². The molecule has 0 radical (unpaired) electrons. The molecule has 11 N–H and O–H groups in total. The van der Waals surface area contributed by atoms with Crippen molar-refractivity contribution in [3.63, 3.8) is 0 Å². The lowest BCUT2D eigenvalue weighted by molar-refractivity contribution is -0.126. The van der Waals surface area contributed by atoms with Crippen LogP contribution in [0, 0.1) is 17.8 Å². The molecule has 0 aliphatic carbocycles. The van der Waals surface area contributed by atoms with Crippen LogP contribution in [0.1, 0.15) is 47.0 Å². The minimum Gasteiger partial charge on any atom is -0.369 e. The van der Waals surface area contributed by atoms with E-state index in [2.05, 4.69) is 11.7 Å². The van der Waals surface area contributed by atoms with Gasteiger partial charge in [0.2, 0.25) is 17.7 Å². The summed E-state index contributed by atoms with van der Waals surface area (Å²) >= 11 is 0. The van der Waals surface area contributed by atoms with Gasteiger partial charge in [-0.2, -0.15) is 0 Å². The second-order valence-corrected chi connectivity index (χ2v) is 4.86. The Labute approximate surface area is 132 Å². The Bertz CT molecular complexity index is 325. The summed E-state index contributed by atoms with van der Waals surface area (Å²) in [7, 11) is 0. The first-order valence-electron chi connectivity index (χ1n) is 7.13. The molecule has 0 saturated carbocycles. The Morgan fingerprint density at radius 3 is 1.55 bits per heavy atom. The van der Waals surface area contributed by atoms with Gasteiger partial charge in [0.25, 0.3) is 0 Å². The topological polar surface area (TPSA) is 193 Å². The third kappa shape index (κ3) is 13.3. The molecule has 22 heavy (non-hydrogen) atoms. The first-order valence-corrected chi connectivity index (χ1v) is 7.13. The largest absolute Gasteiger partial charge is 0.369 e. The van der Waals surface area contributed by atoms with Crippen molar-refractivity contribution in [2.45, 2.75) is 47.0 Å². The number of nitrogens with two attached hydrogens (primary N) is 5. The average molecular weight is 320 g/mol. The van der Waals surface area contributed by atoms with Crippen molar-refractivity contribution < 1.29 is 14.4 Å². The fourth-order valence-corrected chi connectivity index (χ4v) is 1.36. The number of hydrazine groups is 2. The molecule has 0 aromatic heterocycles. The number of carbonyl (C=O) groups excluding carboxylic acids is 3. The molecule has 0 fully saturated rings. The fraction of sp³-hybridized carbons (Fsp3) is 0.769. The molecule has 9 nitrogen and oxygen atoms in total. The summed E-state index contributed by atoms with van der Waals surface area (Å²) in [6.45, 7) is 7.34. The predicted molar refractivity (Wildman–Crippen MR) is 86.1 cm³/mol. The Hall–Kier alpha value is -1.71. The summed E-state index contributed by atoms with van der Waals surface area (Å²) in [4.78, 5) is 32.0. The fourth-order valence-electron chi connectivity index (χ4n) is 1.36. The molecule has 0 saturated heterocycles. The number of carbonyl (C=O) groups is 3. The molecule has 3 atom stereocenters. The van der Waals surface area contributed by atoms with Gasteiger partial charge in [-0.15, -0.1) is 0 Å². The second-order valence-electron chi connectivity index (χ2n) is 4.86. The molecule has 0 bridgehead atoms. The maximum absolute atomic E-state index is 11.0. The zero-order chi connectivity index (χ0) is 18.3. The Balaban J connectivity index is -0.000000339. The molecule has 132 valence electrons. The molecule has 3 amide bonds. The van der Waals surface area contributed by atoms with Crippen LogP contribution in [0.5, 0.6) is 0 Å². The standard InChI is InChI=1S/C8H17N3O2.C5H11NO.H4N2/c1-3-6(7(9)12)4-5(2)8(13)11-10;1-3-4(2)5(6)7;1-2/h5-6H,3-4,10H2,1-2H3,(H2,9,12)(H,11,13);4H,3H2,1-2H3,(H2,6,7);1-2H2. The van der Waals surface area contributed by atoms with E-state index < -0.39 is 0 Å². The summed E-state index contributed by atoms with van der Waals surface area (Å²) in [5, 5.41) is 0. The van der Waals surface area contributed by atoms with Crippen molar-refractivity contribution in [3.05, 3.63) is 0 Å². The van der Waals surface area contributed by atoms with E-state index in [0.717, 1.165) is 6.42 Å². The summed E-state index contributed by atoms with van der Waals surface area (Å²) in [5.41, 5.74) is 12.1. The van der Waals surface area contributed by atoms with Crippen LogP contribution in [0.15, 0.2) is 0 Å². The summed E-state index contributed by atoms with van der Waals surface area (Å²) in [6.07, 6.45) is 1.95. The van der Waals surface area contributed by atoms with Crippen molar-refractivity contribution in [3.8, 4) is 0 Å². The molecule has 0 aliphatic heterocycles. The molecule has 0 rings (SSSR count). The van der Waals surface area contributed by atoms with Gasteiger partial charge in [-0.3, -0.25) is 31.5 Å². The van der Waals surface area contributed by atoms with Gasteiger partial charge in [-0.25, -0.2) is 5.84 Å². The highest BCUT2D eigenvalue weighted by Gasteiger charge is 2.20. The summed E-state index contributed by atoms with van der Waals surface area (Å²) < 4.78 is 0. The highest BCUT2D eigenvalue weighted by Crippen LogP contribution is 2.14. The number of primary amides is 2. The zero-order valence-corrected chi connectivity index (χ0v) is 14.0. The minimum atomic E-state index is -0.362. The van der Waals surface area contributed by atoms with Crippen molar-refractivity contribution in [1.29, 1.82) is 0 Å². The van der Waals surface area contributed by atoms with Gasteiger partial charge in [-0.05, 0) is 19.3 Å². The van der Waals surface area contributed by atoms with E-state index in [4.69, 9.17) is 17.3 Å². The number of rotatable bonds is 7. The lowest BCUT2D eigenvalue weighted by Gasteiger charge is -2.15. The summed E-state index contributed by atoms with van der Waals surface area (Å²) in [6, 6.07) is 0. The Kier molecular flexibility index (Phi) is 18.0. The lowest BCUT2D eigenvalue weighted by atomic mass is 9.93. The van der Waals surface area contributed by atoms with Gasteiger partial charge in [0.05, 0.1) is 0 Å². The number of nitrogens with one attached hydrogen (secondary N) is 1. The maximum atomic E-state index is 11.0. The highest BCUT2D eigenvalue weighted by molar-refractivity contribution is 5.80. The highest BCUT2D eigenvalue weighted by atomic mass is 16.2. The van der Waals surface area contributed by atoms with Crippen LogP contribution in [-0.4, -0.2) is 17.7 Å². The van der Waals surface area contributed by atoms with Crippen LogP contribution >= 0.6 is 0 Å². The molecule has 0 aliphatic rings. The third-order valence-corrected chi connectivity index (χ3v) is 3.22. The van der Waals surface area contributed by atoms with E-state index in [9.17, 15) is 14.4 Å². The lowest BCUT2D eigenvalue weighted by Crippen LogP contribution is -2.36. The van der Waals surface area contributed by atoms with E-state index in [-0.39, 0.29) is 35.5 Å². The minimum absolute atomic E-state index is 0.0417. The van der Waals surface area contributed by atoms with E-state index >= 15 is 0 Å². The van der Waals surface area contributed by atoms with Crippen LogP contribution in [0.25, 0.3) is 0 Å². The van der Waals surface area contributed by atoms with Gasteiger partial charge < -0.3 is 11.5 Å². The van der Waals surface area contributed by atoms with E-state index in [1.807, 2.05) is 26.2 Å². The molecule has 9 heteroatoms. The van der Waals surface area contributed by atoms with Gasteiger partial charge in [0.15, 0.2) is 0 Å². The molecule has 0 spiro atoms. The number of hydrogen-bond acceptors (Lipinski definition) is 6. The maximum Gasteiger partial charge on any atom is 0.236 e.